The Hall–Kier alpha value is -1.06. The molecule has 80 valence electrons. The maximum absolute atomic E-state index is 11.2. The summed E-state index contributed by atoms with van der Waals surface area (Å²) in [4.78, 5) is 21.9. The molecule has 0 bridgehead atoms. The Morgan fingerprint density at radius 1 is 1.64 bits per heavy atom. The Morgan fingerprint density at radius 2 is 2.29 bits per heavy atom. The summed E-state index contributed by atoms with van der Waals surface area (Å²) in [5.41, 5.74) is 0. The number of rotatable bonds is 3. The van der Waals surface area contributed by atoms with Gasteiger partial charge in [-0.25, -0.2) is 0 Å². The zero-order valence-electron chi connectivity index (χ0n) is 8.62. The summed E-state index contributed by atoms with van der Waals surface area (Å²) >= 11 is 0. The van der Waals surface area contributed by atoms with Crippen molar-refractivity contribution in [2.75, 3.05) is 0 Å². The molecule has 0 spiro atoms. The van der Waals surface area contributed by atoms with Crippen LogP contribution >= 0.6 is 0 Å². The van der Waals surface area contributed by atoms with Gasteiger partial charge in [0.15, 0.2) is 0 Å². The van der Waals surface area contributed by atoms with Crippen LogP contribution in [0.3, 0.4) is 0 Å². The van der Waals surface area contributed by atoms with E-state index in [9.17, 15) is 9.59 Å². The van der Waals surface area contributed by atoms with Crippen molar-refractivity contribution >= 4 is 11.9 Å². The second-order valence-electron chi connectivity index (χ2n) is 4.37. The minimum absolute atomic E-state index is 0.0392. The van der Waals surface area contributed by atoms with Crippen molar-refractivity contribution in [2.24, 2.45) is 11.8 Å². The lowest BCUT2D eigenvalue weighted by molar-refractivity contribution is -0.146. The number of carbonyl (C=O) groups is 2. The smallest absolute Gasteiger partial charge is 0.307 e. The lowest BCUT2D eigenvalue weighted by Gasteiger charge is -2.28. The van der Waals surface area contributed by atoms with E-state index in [4.69, 9.17) is 5.11 Å². The van der Waals surface area contributed by atoms with Gasteiger partial charge in [0.05, 0.1) is 5.92 Å². The fraction of sp³-hybridized carbons (Fsp3) is 0.800. The zero-order chi connectivity index (χ0) is 10.7. The van der Waals surface area contributed by atoms with Gasteiger partial charge < -0.3 is 10.4 Å². The first kappa shape index (κ1) is 11.0. The molecule has 1 fully saturated rings. The standard InChI is InChI=1S/C10H17NO3/c1-6(2)3-8-4-7(10(13)14)5-9(12)11-8/h6-8H,3-5H2,1-2H3,(H,11,12)(H,13,14). The van der Waals surface area contributed by atoms with Crippen LogP contribution in [0.4, 0.5) is 0 Å². The van der Waals surface area contributed by atoms with Gasteiger partial charge in [-0.3, -0.25) is 9.59 Å². The molecule has 1 heterocycles. The molecule has 14 heavy (non-hydrogen) atoms. The molecule has 1 saturated heterocycles. The number of carboxylic acid groups (broad SMARTS) is 1. The summed E-state index contributed by atoms with van der Waals surface area (Å²) in [7, 11) is 0. The van der Waals surface area contributed by atoms with Crippen LogP contribution in [-0.2, 0) is 9.59 Å². The van der Waals surface area contributed by atoms with Crippen molar-refractivity contribution in [3.63, 3.8) is 0 Å². The first-order valence-corrected chi connectivity index (χ1v) is 5.01. The average molecular weight is 199 g/mol. The fourth-order valence-corrected chi connectivity index (χ4v) is 1.91. The van der Waals surface area contributed by atoms with Crippen LogP contribution in [0, 0.1) is 11.8 Å². The highest BCUT2D eigenvalue weighted by molar-refractivity contribution is 5.83. The normalized spacial score (nSPS) is 27.5. The Bertz CT molecular complexity index is 238. The van der Waals surface area contributed by atoms with Crippen LogP contribution in [0.1, 0.15) is 33.1 Å². The van der Waals surface area contributed by atoms with Crippen LogP contribution in [0.15, 0.2) is 0 Å². The highest BCUT2D eigenvalue weighted by Gasteiger charge is 2.31. The summed E-state index contributed by atoms with van der Waals surface area (Å²) in [6.07, 6.45) is 1.55. The molecule has 0 radical (unpaired) electrons. The molecule has 2 N–H and O–H groups in total. The van der Waals surface area contributed by atoms with Gasteiger partial charge >= 0.3 is 5.97 Å². The number of hydrogen-bond acceptors (Lipinski definition) is 2. The number of aliphatic carboxylic acids is 1. The van der Waals surface area contributed by atoms with Crippen LogP contribution in [0.5, 0.6) is 0 Å². The van der Waals surface area contributed by atoms with E-state index in [0.717, 1.165) is 6.42 Å². The maximum Gasteiger partial charge on any atom is 0.307 e. The molecule has 0 aromatic carbocycles. The molecule has 0 aliphatic carbocycles. The molecule has 4 nitrogen and oxygen atoms in total. The maximum atomic E-state index is 11.2. The third kappa shape index (κ3) is 3.01. The van der Waals surface area contributed by atoms with E-state index < -0.39 is 11.9 Å². The molecule has 4 heteroatoms. The number of nitrogens with one attached hydrogen (secondary N) is 1. The predicted molar refractivity (Wildman–Crippen MR) is 51.7 cm³/mol. The molecule has 1 aliphatic heterocycles. The lowest BCUT2D eigenvalue weighted by atomic mass is 9.88. The van der Waals surface area contributed by atoms with E-state index in [2.05, 4.69) is 19.2 Å². The van der Waals surface area contributed by atoms with Crippen LogP contribution in [0.2, 0.25) is 0 Å². The van der Waals surface area contributed by atoms with Gasteiger partial charge in [-0.15, -0.1) is 0 Å². The third-order valence-corrected chi connectivity index (χ3v) is 2.47. The number of carboxylic acids is 1. The quantitative estimate of drug-likeness (QED) is 0.713. The molecule has 2 atom stereocenters. The second kappa shape index (κ2) is 4.44. The molecule has 1 amide bonds. The zero-order valence-corrected chi connectivity index (χ0v) is 8.62. The van der Waals surface area contributed by atoms with Gasteiger partial charge in [0.1, 0.15) is 0 Å². The number of carbonyl (C=O) groups excluding carboxylic acids is 1. The van der Waals surface area contributed by atoms with Crippen molar-refractivity contribution in [1.82, 2.24) is 5.32 Å². The molecular formula is C10H17NO3. The van der Waals surface area contributed by atoms with E-state index in [-0.39, 0.29) is 18.4 Å². The summed E-state index contributed by atoms with van der Waals surface area (Å²) < 4.78 is 0. The van der Waals surface area contributed by atoms with E-state index in [1.54, 1.807) is 0 Å². The van der Waals surface area contributed by atoms with Gasteiger partial charge in [-0.1, -0.05) is 13.8 Å². The average Bonchev–Trinajstić information content (AvgIpc) is 2.01. The van der Waals surface area contributed by atoms with E-state index in [1.807, 2.05) is 0 Å². The van der Waals surface area contributed by atoms with Gasteiger partial charge in [0, 0.05) is 12.5 Å². The monoisotopic (exact) mass is 199 g/mol. The highest BCUT2D eigenvalue weighted by Crippen LogP contribution is 2.21. The summed E-state index contributed by atoms with van der Waals surface area (Å²) in [6.45, 7) is 4.13. The Labute approximate surface area is 83.7 Å². The Kier molecular flexibility index (Phi) is 3.49. The van der Waals surface area contributed by atoms with E-state index in [1.165, 1.54) is 0 Å². The number of hydrogen-bond donors (Lipinski definition) is 2. The highest BCUT2D eigenvalue weighted by atomic mass is 16.4. The second-order valence-corrected chi connectivity index (χ2v) is 4.37. The topological polar surface area (TPSA) is 66.4 Å². The number of amides is 1. The molecule has 0 aromatic rings. The van der Waals surface area contributed by atoms with Crippen molar-refractivity contribution in [1.29, 1.82) is 0 Å². The van der Waals surface area contributed by atoms with Crippen molar-refractivity contribution in [2.45, 2.75) is 39.2 Å². The largest absolute Gasteiger partial charge is 0.481 e. The first-order chi connectivity index (χ1) is 6.49. The molecule has 1 aliphatic rings. The van der Waals surface area contributed by atoms with Gasteiger partial charge in [0.25, 0.3) is 0 Å². The Morgan fingerprint density at radius 3 is 2.79 bits per heavy atom. The summed E-state index contributed by atoms with van der Waals surface area (Å²) in [5.74, 6) is -0.997. The molecule has 2 unspecified atom stereocenters. The Balaban J connectivity index is 2.54. The molecule has 1 rings (SSSR count). The van der Waals surface area contributed by atoms with Crippen molar-refractivity contribution in [3.05, 3.63) is 0 Å². The molecule has 0 saturated carbocycles. The van der Waals surface area contributed by atoms with Gasteiger partial charge in [-0.2, -0.15) is 0 Å². The summed E-state index contributed by atoms with van der Waals surface area (Å²) in [5, 5.41) is 11.7. The van der Waals surface area contributed by atoms with Crippen LogP contribution < -0.4 is 5.32 Å². The van der Waals surface area contributed by atoms with Crippen LogP contribution in [0.25, 0.3) is 0 Å². The van der Waals surface area contributed by atoms with Gasteiger partial charge in [-0.05, 0) is 18.8 Å². The van der Waals surface area contributed by atoms with Crippen LogP contribution in [-0.4, -0.2) is 23.0 Å². The minimum atomic E-state index is -0.853. The molecular weight excluding hydrogens is 182 g/mol. The van der Waals surface area contributed by atoms with Crippen molar-refractivity contribution < 1.29 is 14.7 Å². The lowest BCUT2D eigenvalue weighted by Crippen LogP contribution is -2.44. The van der Waals surface area contributed by atoms with E-state index >= 15 is 0 Å². The van der Waals surface area contributed by atoms with E-state index in [0.29, 0.717) is 12.3 Å². The van der Waals surface area contributed by atoms with Gasteiger partial charge in [0.2, 0.25) is 5.91 Å². The van der Waals surface area contributed by atoms with Crippen molar-refractivity contribution in [3.8, 4) is 0 Å². The fourth-order valence-electron chi connectivity index (χ4n) is 1.91. The minimum Gasteiger partial charge on any atom is -0.481 e. The molecule has 0 aromatic heterocycles. The first-order valence-electron chi connectivity index (χ1n) is 5.01. The number of piperidine rings is 1. The SMILES string of the molecule is CC(C)CC1CC(C(=O)O)CC(=O)N1. The summed E-state index contributed by atoms with van der Waals surface area (Å²) in [6, 6.07) is 0.0392. The predicted octanol–water partition coefficient (Wildman–Crippen LogP) is 1.01. The third-order valence-electron chi connectivity index (χ3n) is 2.47.